The van der Waals surface area contributed by atoms with Gasteiger partial charge < -0.3 is 15.3 Å². The van der Waals surface area contributed by atoms with E-state index in [9.17, 15) is 9.90 Å². The Morgan fingerprint density at radius 1 is 1.43 bits per heavy atom. The Labute approximate surface area is 126 Å². The lowest BCUT2D eigenvalue weighted by molar-refractivity contribution is 0.0563. The molecule has 5 heteroatoms. The number of hydrogen-bond donors (Lipinski definition) is 2. The highest BCUT2D eigenvalue weighted by molar-refractivity contribution is 5.74. The van der Waals surface area contributed by atoms with E-state index in [0.29, 0.717) is 6.54 Å². The normalized spacial score (nSPS) is 23.4. The summed E-state index contributed by atoms with van der Waals surface area (Å²) in [6.07, 6.45) is 7.26. The number of carbonyl (C=O) groups excluding carboxylic acids is 1. The molecule has 21 heavy (non-hydrogen) atoms. The van der Waals surface area contributed by atoms with Crippen LogP contribution in [0, 0.1) is 5.92 Å². The molecule has 2 amide bonds. The number of urea groups is 1. The standard InChI is InChI=1S/C16H25N3O2/c1-12(13-7-9-17-10-8-13)18-16(21)19(2)11-14-5-3-4-6-15(14)20/h7-10,12,14-15,20H,3-6,11H2,1-2H3,(H,18,21). The van der Waals surface area contributed by atoms with Gasteiger partial charge in [0.05, 0.1) is 12.1 Å². The first-order valence-corrected chi connectivity index (χ1v) is 7.67. The Bertz CT molecular complexity index is 452. The first kappa shape index (κ1) is 15.8. The van der Waals surface area contributed by atoms with Crippen molar-refractivity contribution in [3.8, 4) is 0 Å². The lowest BCUT2D eigenvalue weighted by Crippen LogP contribution is -2.43. The van der Waals surface area contributed by atoms with E-state index >= 15 is 0 Å². The van der Waals surface area contributed by atoms with Gasteiger partial charge in [-0.1, -0.05) is 12.8 Å². The number of pyridine rings is 1. The molecule has 5 nitrogen and oxygen atoms in total. The molecule has 1 saturated carbocycles. The molecule has 1 aliphatic rings. The van der Waals surface area contributed by atoms with Crippen LogP contribution in [-0.4, -0.2) is 40.7 Å². The number of aromatic nitrogens is 1. The number of aliphatic hydroxyl groups is 1. The van der Waals surface area contributed by atoms with Crippen LogP contribution < -0.4 is 5.32 Å². The summed E-state index contributed by atoms with van der Waals surface area (Å²) in [5, 5.41) is 13.0. The summed E-state index contributed by atoms with van der Waals surface area (Å²) < 4.78 is 0. The lowest BCUT2D eigenvalue weighted by Gasteiger charge is -2.31. The van der Waals surface area contributed by atoms with Crippen LogP contribution in [0.15, 0.2) is 24.5 Å². The van der Waals surface area contributed by atoms with E-state index in [4.69, 9.17) is 0 Å². The molecular weight excluding hydrogens is 266 g/mol. The zero-order valence-electron chi connectivity index (χ0n) is 12.8. The molecule has 3 unspecified atom stereocenters. The molecule has 2 rings (SSSR count). The molecule has 0 saturated heterocycles. The van der Waals surface area contributed by atoms with Crippen molar-refractivity contribution in [1.82, 2.24) is 15.2 Å². The van der Waals surface area contributed by atoms with Crippen molar-refractivity contribution in [2.45, 2.75) is 44.8 Å². The van der Waals surface area contributed by atoms with Crippen LogP contribution in [-0.2, 0) is 0 Å². The molecule has 3 atom stereocenters. The number of nitrogens with one attached hydrogen (secondary N) is 1. The Balaban J connectivity index is 1.84. The zero-order valence-corrected chi connectivity index (χ0v) is 12.8. The average Bonchev–Trinajstić information content (AvgIpc) is 2.50. The van der Waals surface area contributed by atoms with Crippen LogP contribution in [0.25, 0.3) is 0 Å². The van der Waals surface area contributed by atoms with Crippen molar-refractivity contribution < 1.29 is 9.90 Å². The maximum atomic E-state index is 12.2. The third-order valence-electron chi connectivity index (χ3n) is 4.27. The minimum Gasteiger partial charge on any atom is -0.393 e. The van der Waals surface area contributed by atoms with Crippen LogP contribution in [0.1, 0.15) is 44.2 Å². The minimum absolute atomic E-state index is 0.0563. The van der Waals surface area contributed by atoms with Gasteiger partial charge in [-0.3, -0.25) is 4.98 Å². The van der Waals surface area contributed by atoms with Gasteiger partial charge in [0.15, 0.2) is 0 Å². The number of nitrogens with zero attached hydrogens (tertiary/aromatic N) is 2. The maximum absolute atomic E-state index is 12.2. The molecule has 1 fully saturated rings. The summed E-state index contributed by atoms with van der Waals surface area (Å²) in [6.45, 7) is 2.56. The monoisotopic (exact) mass is 291 g/mol. The van der Waals surface area contributed by atoms with E-state index in [2.05, 4.69) is 10.3 Å². The van der Waals surface area contributed by atoms with E-state index in [-0.39, 0.29) is 24.1 Å². The van der Waals surface area contributed by atoms with Gasteiger partial charge >= 0.3 is 6.03 Å². The van der Waals surface area contributed by atoms with Gasteiger partial charge in [-0.2, -0.15) is 0 Å². The van der Waals surface area contributed by atoms with Crippen LogP contribution in [0.2, 0.25) is 0 Å². The second-order valence-electron chi connectivity index (χ2n) is 5.94. The van der Waals surface area contributed by atoms with E-state index in [1.807, 2.05) is 19.1 Å². The number of aliphatic hydroxyl groups excluding tert-OH is 1. The van der Waals surface area contributed by atoms with Crippen molar-refractivity contribution in [1.29, 1.82) is 0 Å². The van der Waals surface area contributed by atoms with Gasteiger partial charge in [0.25, 0.3) is 0 Å². The summed E-state index contributed by atoms with van der Waals surface area (Å²) >= 11 is 0. The van der Waals surface area contributed by atoms with Gasteiger partial charge in [-0.05, 0) is 37.5 Å². The molecule has 0 bridgehead atoms. The molecule has 116 valence electrons. The van der Waals surface area contributed by atoms with Crippen molar-refractivity contribution in [3.63, 3.8) is 0 Å². The molecule has 0 aliphatic heterocycles. The predicted molar refractivity (Wildman–Crippen MR) is 81.8 cm³/mol. The average molecular weight is 291 g/mol. The number of amides is 2. The van der Waals surface area contributed by atoms with Crippen molar-refractivity contribution in [2.75, 3.05) is 13.6 Å². The summed E-state index contributed by atoms with van der Waals surface area (Å²) in [7, 11) is 1.79. The highest BCUT2D eigenvalue weighted by Crippen LogP contribution is 2.25. The van der Waals surface area contributed by atoms with Gasteiger partial charge in [0, 0.05) is 31.9 Å². The van der Waals surface area contributed by atoms with Gasteiger partial charge in [-0.15, -0.1) is 0 Å². The number of carbonyl (C=O) groups is 1. The van der Waals surface area contributed by atoms with Gasteiger partial charge in [0.2, 0.25) is 0 Å². The fourth-order valence-electron chi connectivity index (χ4n) is 2.87. The molecule has 0 radical (unpaired) electrons. The minimum atomic E-state index is -0.272. The van der Waals surface area contributed by atoms with Crippen LogP contribution in [0.4, 0.5) is 4.79 Å². The lowest BCUT2D eigenvalue weighted by atomic mass is 9.86. The summed E-state index contributed by atoms with van der Waals surface area (Å²) in [5.74, 6) is 0.200. The predicted octanol–water partition coefficient (Wildman–Crippen LogP) is 2.34. The van der Waals surface area contributed by atoms with Crippen LogP contribution in [0.3, 0.4) is 0 Å². The van der Waals surface area contributed by atoms with Gasteiger partial charge in [-0.25, -0.2) is 4.79 Å². The summed E-state index contributed by atoms with van der Waals surface area (Å²) in [6, 6.07) is 3.64. The smallest absolute Gasteiger partial charge is 0.317 e. The fraction of sp³-hybridized carbons (Fsp3) is 0.625. The van der Waals surface area contributed by atoms with Crippen LogP contribution in [0.5, 0.6) is 0 Å². The molecule has 0 aromatic carbocycles. The zero-order chi connectivity index (χ0) is 15.2. The molecule has 2 N–H and O–H groups in total. The van der Waals surface area contributed by atoms with Gasteiger partial charge in [0.1, 0.15) is 0 Å². The van der Waals surface area contributed by atoms with E-state index in [1.54, 1.807) is 24.3 Å². The SMILES string of the molecule is CC(NC(=O)N(C)CC1CCCCC1O)c1ccncc1. The number of rotatable bonds is 4. The molecule has 1 aromatic rings. The largest absolute Gasteiger partial charge is 0.393 e. The third-order valence-corrected chi connectivity index (χ3v) is 4.27. The second-order valence-corrected chi connectivity index (χ2v) is 5.94. The van der Waals surface area contributed by atoms with E-state index in [0.717, 1.165) is 31.2 Å². The molecule has 1 aliphatic carbocycles. The van der Waals surface area contributed by atoms with E-state index in [1.165, 1.54) is 0 Å². The molecular formula is C16H25N3O2. The summed E-state index contributed by atoms with van der Waals surface area (Å²) in [4.78, 5) is 17.9. The first-order valence-electron chi connectivity index (χ1n) is 7.67. The maximum Gasteiger partial charge on any atom is 0.317 e. The summed E-state index contributed by atoms with van der Waals surface area (Å²) in [5.41, 5.74) is 1.03. The number of hydrogen-bond acceptors (Lipinski definition) is 3. The molecule has 1 heterocycles. The Morgan fingerprint density at radius 3 is 2.76 bits per heavy atom. The van der Waals surface area contributed by atoms with Crippen LogP contribution >= 0.6 is 0 Å². The van der Waals surface area contributed by atoms with Crippen molar-refractivity contribution in [3.05, 3.63) is 30.1 Å². The Hall–Kier alpha value is -1.62. The molecule has 1 aromatic heterocycles. The quantitative estimate of drug-likeness (QED) is 0.895. The van der Waals surface area contributed by atoms with E-state index < -0.39 is 0 Å². The first-order chi connectivity index (χ1) is 10.1. The van der Waals surface area contributed by atoms with Crippen molar-refractivity contribution in [2.24, 2.45) is 5.92 Å². The highest BCUT2D eigenvalue weighted by atomic mass is 16.3. The topological polar surface area (TPSA) is 65.5 Å². The molecule has 0 spiro atoms. The van der Waals surface area contributed by atoms with Crippen molar-refractivity contribution >= 4 is 6.03 Å². The second kappa shape index (κ2) is 7.41. The third kappa shape index (κ3) is 4.43. The highest BCUT2D eigenvalue weighted by Gasteiger charge is 2.25. The Morgan fingerprint density at radius 2 is 2.10 bits per heavy atom. The fourth-order valence-corrected chi connectivity index (χ4v) is 2.87. The Kier molecular flexibility index (Phi) is 5.56.